The van der Waals surface area contributed by atoms with Crippen LogP contribution >= 0.6 is 0 Å². The lowest BCUT2D eigenvalue weighted by molar-refractivity contribution is -0.331. The Kier molecular flexibility index (Phi) is 25.1. The van der Waals surface area contributed by atoms with Gasteiger partial charge in [0.25, 0.3) is 0 Å². The quantitative estimate of drug-likeness (QED) is 0.0340. The van der Waals surface area contributed by atoms with Gasteiger partial charge < -0.3 is 118 Å². The minimum atomic E-state index is -5.62. The molecule has 6 rings (SSSR count). The van der Waals surface area contributed by atoms with E-state index in [0.717, 1.165) is 13.8 Å². The molecule has 6 heterocycles. The molecule has 0 radical (unpaired) electrons. The molecule has 6 aliphatic heterocycles. The van der Waals surface area contributed by atoms with Crippen LogP contribution < -0.4 is 0 Å². The monoisotopic (exact) mass is 1360 g/mol. The summed E-state index contributed by atoms with van der Waals surface area (Å²) >= 11 is 0. The first kappa shape index (κ1) is 73.2. The van der Waals surface area contributed by atoms with Gasteiger partial charge in [-0.1, -0.05) is 0 Å². The van der Waals surface area contributed by atoms with E-state index >= 15 is 0 Å². The van der Waals surface area contributed by atoms with E-state index in [4.69, 9.17) is 52.1 Å². The van der Waals surface area contributed by atoms with E-state index < -0.39 is 277 Å². The van der Waals surface area contributed by atoms with Crippen LogP contribution in [0, 0.1) is 29.6 Å². The van der Waals surface area contributed by atoms with Crippen LogP contribution in [-0.4, -0.2) is 318 Å². The maximum Gasteiger partial charge on any atom is 0.397 e. The van der Waals surface area contributed by atoms with Crippen molar-refractivity contribution in [3.8, 4) is 0 Å². The SMILES string of the molecule is CC1O[C@@H](OCC2C(CO[C@@H]3OC(C(=O)O)[C@@H](O)C(CO[C@H]4OC(CO)[C@@H](O)C(CO[C@@H]5OC(C)[C@@H](OS(=O)(=O)O)C(O)C5OS(=O)(=O)O)C4CO[C@@H]4OC(C(=O)O)=CC(O)C4O)C3O)[C@H](O)OC(COS(=O)(=O)O)[C@H]2O)C(O)C(OS(=O)(=O)O)[C@@H]1O. The van der Waals surface area contributed by atoms with Crippen molar-refractivity contribution < 1.29 is 197 Å². The van der Waals surface area contributed by atoms with E-state index in [-0.39, 0.29) is 0 Å². The van der Waals surface area contributed by atoms with Crippen LogP contribution in [-0.2, 0) is 120 Å². The fourth-order valence-corrected chi connectivity index (χ4v) is 11.9. The van der Waals surface area contributed by atoms with Crippen molar-refractivity contribution in [1.82, 2.24) is 0 Å². The first-order valence-electron chi connectivity index (χ1n) is 25.4. The molecule has 0 aromatic carbocycles. The number of aliphatic carboxylic acids is 2. The zero-order chi connectivity index (χ0) is 65.2. The van der Waals surface area contributed by atoms with Crippen LogP contribution in [0.4, 0.5) is 0 Å². The number of aliphatic hydroxyl groups is 11. The number of hydrogen-bond donors (Lipinski definition) is 17. The highest BCUT2D eigenvalue weighted by molar-refractivity contribution is 7.81. The number of carboxylic acid groups (broad SMARTS) is 2. The van der Waals surface area contributed by atoms with Gasteiger partial charge in [0.2, 0.25) is 12.0 Å². The molecule has 5 saturated heterocycles. The molecule has 0 amide bonds. The van der Waals surface area contributed by atoms with Gasteiger partial charge in [-0.2, -0.15) is 33.7 Å². The van der Waals surface area contributed by atoms with E-state index in [1.165, 1.54) is 0 Å². The average molecular weight is 1360 g/mol. The van der Waals surface area contributed by atoms with Crippen LogP contribution in [0.15, 0.2) is 11.8 Å². The lowest BCUT2D eigenvalue weighted by Crippen LogP contribution is -2.62. The summed E-state index contributed by atoms with van der Waals surface area (Å²) in [5.41, 5.74) is 0. The molecular weight excluding hydrogens is 1290 g/mol. The van der Waals surface area contributed by atoms with Crippen LogP contribution in [0.2, 0.25) is 0 Å². The molecule has 5 fully saturated rings. The Morgan fingerprint density at radius 2 is 0.931 bits per heavy atom. The topological polar surface area (TPSA) is 653 Å². The van der Waals surface area contributed by atoms with Crippen LogP contribution in [0.25, 0.3) is 0 Å². The fourth-order valence-electron chi connectivity index (χ4n) is 10.1. The number of rotatable bonds is 27. The van der Waals surface area contributed by atoms with Crippen molar-refractivity contribution in [1.29, 1.82) is 0 Å². The Labute approximate surface area is 491 Å². The normalized spacial score (nSPS) is 42.6. The average Bonchev–Trinajstić information content (AvgIpc) is 1.13. The second-order valence-electron chi connectivity index (χ2n) is 20.4. The van der Waals surface area contributed by atoms with E-state index in [1.54, 1.807) is 0 Å². The molecule has 87 heavy (non-hydrogen) atoms. The number of aliphatic hydroxyl groups excluding tert-OH is 11. The van der Waals surface area contributed by atoms with Gasteiger partial charge in [0.15, 0.2) is 43.7 Å². The van der Waals surface area contributed by atoms with Gasteiger partial charge in [0.05, 0.1) is 76.8 Å². The molecule has 17 unspecified atom stereocenters. The largest absolute Gasteiger partial charge is 0.479 e. The van der Waals surface area contributed by atoms with Crippen molar-refractivity contribution in [3.63, 3.8) is 0 Å². The van der Waals surface area contributed by atoms with Crippen LogP contribution in [0.3, 0.4) is 0 Å². The second-order valence-corrected chi connectivity index (χ2v) is 24.6. The molecule has 0 aromatic heterocycles. The third kappa shape index (κ3) is 19.1. The first-order valence-corrected chi connectivity index (χ1v) is 30.9. The molecule has 0 bridgehead atoms. The van der Waals surface area contributed by atoms with Gasteiger partial charge in [-0.3, -0.25) is 18.2 Å². The predicted octanol–water partition coefficient (Wildman–Crippen LogP) is -10.2. The van der Waals surface area contributed by atoms with Crippen molar-refractivity contribution in [3.05, 3.63) is 11.8 Å². The Bertz CT molecular complexity index is 2790. The van der Waals surface area contributed by atoms with Gasteiger partial charge >= 0.3 is 53.5 Å². The summed E-state index contributed by atoms with van der Waals surface area (Å²) in [5.74, 6) is -13.3. The molecule has 17 N–H and O–H groups in total. The summed E-state index contributed by atoms with van der Waals surface area (Å²) in [4.78, 5) is 24.4. The van der Waals surface area contributed by atoms with Crippen molar-refractivity contribution in [2.75, 3.05) is 46.2 Å². The molecule has 506 valence electrons. The van der Waals surface area contributed by atoms with Crippen LogP contribution in [0.5, 0.6) is 0 Å². The molecule has 0 spiro atoms. The van der Waals surface area contributed by atoms with Gasteiger partial charge in [0.1, 0.15) is 61.0 Å². The highest BCUT2D eigenvalue weighted by Gasteiger charge is 2.55. The summed E-state index contributed by atoms with van der Waals surface area (Å²) in [5, 5.41) is 141. The van der Waals surface area contributed by atoms with Crippen molar-refractivity contribution in [2.45, 2.75) is 155 Å². The van der Waals surface area contributed by atoms with Gasteiger partial charge in [-0.25, -0.2) is 26.3 Å². The zero-order valence-corrected chi connectivity index (χ0v) is 47.9. The number of hydrogen-bond acceptors (Lipinski definition) is 36. The Balaban J connectivity index is 1.27. The van der Waals surface area contributed by atoms with Gasteiger partial charge in [-0.15, -0.1) is 0 Å². The summed E-state index contributed by atoms with van der Waals surface area (Å²) in [6, 6.07) is 0. The lowest BCUT2D eigenvalue weighted by Gasteiger charge is -2.47. The summed E-state index contributed by atoms with van der Waals surface area (Å²) in [7, 11) is -21.6. The Morgan fingerprint density at radius 3 is 1.49 bits per heavy atom. The van der Waals surface area contributed by atoms with E-state index in [9.17, 15) is 128 Å². The van der Waals surface area contributed by atoms with Crippen molar-refractivity contribution in [2.24, 2.45) is 29.6 Å². The summed E-state index contributed by atoms with van der Waals surface area (Å²) in [6.45, 7) is -5.24. The molecule has 0 aliphatic carbocycles. The Hall–Kier alpha value is -2.88. The Morgan fingerprint density at radius 1 is 0.448 bits per heavy atom. The number of ether oxygens (including phenoxy) is 11. The summed E-state index contributed by atoms with van der Waals surface area (Å²) < 4.78 is 209. The molecule has 46 heteroatoms. The minimum Gasteiger partial charge on any atom is -0.479 e. The highest BCUT2D eigenvalue weighted by Crippen LogP contribution is 2.39. The molecular formula is C41H66O42S4. The van der Waals surface area contributed by atoms with E-state index in [1.807, 2.05) is 0 Å². The minimum absolute atomic E-state index is 0.595. The lowest BCUT2D eigenvalue weighted by atomic mass is 9.82. The van der Waals surface area contributed by atoms with Gasteiger partial charge in [0, 0.05) is 29.6 Å². The highest BCUT2D eigenvalue weighted by atomic mass is 32.3. The maximum atomic E-state index is 12.6. The second kappa shape index (κ2) is 29.8. The predicted molar refractivity (Wildman–Crippen MR) is 260 cm³/mol. The molecule has 28 atom stereocenters. The number of carbonyl (C=O) groups is 2. The maximum absolute atomic E-state index is 12.6. The third-order valence-electron chi connectivity index (χ3n) is 14.5. The molecule has 42 nitrogen and oxygen atoms in total. The molecule has 6 aliphatic rings. The van der Waals surface area contributed by atoms with Crippen molar-refractivity contribution >= 4 is 53.5 Å². The molecule has 0 aromatic rings. The van der Waals surface area contributed by atoms with E-state index in [2.05, 4.69) is 16.7 Å². The zero-order valence-electron chi connectivity index (χ0n) is 44.6. The fraction of sp³-hybridized carbons (Fsp3) is 0.902. The van der Waals surface area contributed by atoms with Crippen LogP contribution in [0.1, 0.15) is 13.8 Å². The van der Waals surface area contributed by atoms with Gasteiger partial charge in [-0.05, 0) is 19.9 Å². The van der Waals surface area contributed by atoms with E-state index in [0.29, 0.717) is 6.08 Å². The smallest absolute Gasteiger partial charge is 0.397 e. The first-order chi connectivity index (χ1) is 40.2. The number of carboxylic acids is 2. The summed E-state index contributed by atoms with van der Waals surface area (Å²) in [6.07, 6.45) is -47.4. The third-order valence-corrected chi connectivity index (χ3v) is 16.4. The molecule has 0 saturated carbocycles. The standard InChI is InChI=1S/C41H66O42S4/c1-11-22(44)31(82-86(63,64)65)29(51)40(75-11)70-5-13-15(36(56)77-21(24(13)46)10-74-84(57,58)59)7-71-38-26(48)17(25(47)32(80-38)35(54)55)9-69-37-16(8-72-39-27(49)18(43)3-19(78-39)34(52)53)14(23(45)20(4-42)79-37)6-73-41-33(83-87(66,67)68)28(50)30(12(2)76-41)81-85(60,61)62/h3,11-18,20-33,36-51,56H,4-10H2,1-2H3,(H,52,53)(H,54,55)(H,57,58,59)(H,60,61,62)(H,63,64,65)(H,66,67,68)/t11?,12?,13?,14?,15?,16?,17?,18?,20?,21?,22-,23+,24+,25+,26?,27?,28?,29?,30-,31?,32?,33?,36-,37+,38-,39-,40-,41-/m1/s1.